The second kappa shape index (κ2) is 4.99. The number of benzene rings is 1. The quantitative estimate of drug-likeness (QED) is 0.827. The molecule has 0 fully saturated rings. The summed E-state index contributed by atoms with van der Waals surface area (Å²) in [7, 11) is 0. The standard InChI is InChI=1S/C12H12N2OS/c1-2-16-10-5-3-9(4-6-10)12-13-8-7-11(15)14-12/h3-8H,2H2,1H3,(H,13,14,15). The Kier molecular flexibility index (Phi) is 3.41. The zero-order valence-corrected chi connectivity index (χ0v) is 9.75. The first-order chi connectivity index (χ1) is 7.79. The summed E-state index contributed by atoms with van der Waals surface area (Å²) in [4.78, 5) is 19.2. The molecule has 0 bridgehead atoms. The van der Waals surface area contributed by atoms with Crippen molar-refractivity contribution < 1.29 is 0 Å². The van der Waals surface area contributed by atoms with Gasteiger partial charge in [-0.15, -0.1) is 11.8 Å². The summed E-state index contributed by atoms with van der Waals surface area (Å²) < 4.78 is 0. The molecule has 1 N–H and O–H groups in total. The van der Waals surface area contributed by atoms with Crippen molar-refractivity contribution in [3.63, 3.8) is 0 Å². The van der Waals surface area contributed by atoms with Crippen LogP contribution in [0.2, 0.25) is 0 Å². The Balaban J connectivity index is 2.31. The summed E-state index contributed by atoms with van der Waals surface area (Å²) >= 11 is 1.79. The molecule has 0 saturated heterocycles. The lowest BCUT2D eigenvalue weighted by Crippen LogP contribution is -2.05. The monoisotopic (exact) mass is 232 g/mol. The molecule has 0 unspecified atom stereocenters. The number of nitrogens with zero attached hydrogens (tertiary/aromatic N) is 1. The molecule has 2 rings (SSSR count). The van der Waals surface area contributed by atoms with Gasteiger partial charge in [0.25, 0.3) is 5.56 Å². The van der Waals surface area contributed by atoms with E-state index in [-0.39, 0.29) is 5.56 Å². The second-order valence-corrected chi connectivity index (χ2v) is 4.58. The Hall–Kier alpha value is -1.55. The number of aromatic nitrogens is 2. The smallest absolute Gasteiger partial charge is 0.251 e. The van der Waals surface area contributed by atoms with Crippen LogP contribution in [0.4, 0.5) is 0 Å². The molecule has 0 radical (unpaired) electrons. The van der Waals surface area contributed by atoms with E-state index in [0.717, 1.165) is 11.3 Å². The largest absolute Gasteiger partial charge is 0.307 e. The van der Waals surface area contributed by atoms with Gasteiger partial charge in [0.15, 0.2) is 0 Å². The molecule has 1 aromatic heterocycles. The van der Waals surface area contributed by atoms with Crippen molar-refractivity contribution in [1.29, 1.82) is 0 Å². The molecule has 0 aliphatic rings. The zero-order valence-electron chi connectivity index (χ0n) is 8.93. The van der Waals surface area contributed by atoms with E-state index in [4.69, 9.17) is 0 Å². The predicted octanol–water partition coefficient (Wildman–Crippen LogP) is 2.55. The minimum Gasteiger partial charge on any atom is -0.307 e. The number of hydrogen-bond acceptors (Lipinski definition) is 3. The fourth-order valence-corrected chi connectivity index (χ4v) is 2.05. The van der Waals surface area contributed by atoms with Gasteiger partial charge >= 0.3 is 0 Å². The summed E-state index contributed by atoms with van der Waals surface area (Å²) in [5.74, 6) is 1.67. The number of thioether (sulfide) groups is 1. The summed E-state index contributed by atoms with van der Waals surface area (Å²) in [5, 5.41) is 0. The lowest BCUT2D eigenvalue weighted by Gasteiger charge is -2.01. The Morgan fingerprint density at radius 2 is 2.00 bits per heavy atom. The molecule has 82 valence electrons. The maximum absolute atomic E-state index is 11.1. The highest BCUT2D eigenvalue weighted by atomic mass is 32.2. The summed E-state index contributed by atoms with van der Waals surface area (Å²) in [6.07, 6.45) is 1.52. The molecule has 1 aromatic carbocycles. The third-order valence-electron chi connectivity index (χ3n) is 2.11. The Labute approximate surface area is 97.9 Å². The van der Waals surface area contributed by atoms with Crippen LogP contribution in [0.3, 0.4) is 0 Å². The molecule has 0 aliphatic carbocycles. The predicted molar refractivity (Wildman–Crippen MR) is 66.7 cm³/mol. The van der Waals surface area contributed by atoms with E-state index in [2.05, 4.69) is 16.9 Å². The van der Waals surface area contributed by atoms with Gasteiger partial charge in [-0.1, -0.05) is 19.1 Å². The zero-order chi connectivity index (χ0) is 11.4. The normalized spacial score (nSPS) is 10.3. The average molecular weight is 232 g/mol. The van der Waals surface area contributed by atoms with Crippen molar-refractivity contribution in [3.05, 3.63) is 46.9 Å². The summed E-state index contributed by atoms with van der Waals surface area (Å²) in [6.45, 7) is 2.12. The highest BCUT2D eigenvalue weighted by Gasteiger charge is 1.99. The molecule has 1 heterocycles. The van der Waals surface area contributed by atoms with Crippen LogP contribution in [0.15, 0.2) is 46.2 Å². The minimum atomic E-state index is -0.128. The van der Waals surface area contributed by atoms with Crippen LogP contribution in [-0.2, 0) is 0 Å². The molecule has 3 nitrogen and oxygen atoms in total. The van der Waals surface area contributed by atoms with Gasteiger partial charge in [-0.05, 0) is 17.9 Å². The Morgan fingerprint density at radius 1 is 1.25 bits per heavy atom. The average Bonchev–Trinajstić information content (AvgIpc) is 2.30. The van der Waals surface area contributed by atoms with Crippen LogP contribution in [0, 0.1) is 0 Å². The first-order valence-corrected chi connectivity index (χ1v) is 6.06. The van der Waals surface area contributed by atoms with Crippen LogP contribution in [0.1, 0.15) is 6.92 Å². The number of rotatable bonds is 3. The molecule has 16 heavy (non-hydrogen) atoms. The van der Waals surface area contributed by atoms with Crippen molar-refractivity contribution in [3.8, 4) is 11.4 Å². The van der Waals surface area contributed by atoms with Crippen molar-refractivity contribution >= 4 is 11.8 Å². The molecular formula is C12H12N2OS. The van der Waals surface area contributed by atoms with Crippen molar-refractivity contribution in [1.82, 2.24) is 9.97 Å². The van der Waals surface area contributed by atoms with Gasteiger partial charge in [0, 0.05) is 22.7 Å². The minimum absolute atomic E-state index is 0.128. The lowest BCUT2D eigenvalue weighted by molar-refractivity contribution is 1.13. The van der Waals surface area contributed by atoms with Gasteiger partial charge in [-0.25, -0.2) is 4.98 Å². The SMILES string of the molecule is CCSc1ccc(-c2nccc(=O)[nH]2)cc1. The van der Waals surface area contributed by atoms with E-state index in [1.807, 2.05) is 24.3 Å². The van der Waals surface area contributed by atoms with Crippen LogP contribution in [0.5, 0.6) is 0 Å². The maximum Gasteiger partial charge on any atom is 0.251 e. The van der Waals surface area contributed by atoms with E-state index in [9.17, 15) is 4.79 Å². The molecule has 0 saturated carbocycles. The van der Waals surface area contributed by atoms with Crippen molar-refractivity contribution in [2.75, 3.05) is 5.75 Å². The van der Waals surface area contributed by atoms with Gasteiger partial charge in [0.2, 0.25) is 0 Å². The molecule has 4 heteroatoms. The summed E-state index contributed by atoms with van der Waals surface area (Å²) in [6, 6.07) is 9.42. The van der Waals surface area contributed by atoms with Gasteiger partial charge in [0.1, 0.15) is 5.82 Å². The second-order valence-electron chi connectivity index (χ2n) is 3.24. The van der Waals surface area contributed by atoms with E-state index >= 15 is 0 Å². The summed E-state index contributed by atoms with van der Waals surface area (Å²) in [5.41, 5.74) is 0.801. The first kappa shape index (κ1) is 11.0. The fourth-order valence-electron chi connectivity index (χ4n) is 1.39. The Bertz CT molecular complexity index is 519. The third-order valence-corrected chi connectivity index (χ3v) is 3.00. The fraction of sp³-hybridized carbons (Fsp3) is 0.167. The molecular weight excluding hydrogens is 220 g/mol. The molecule has 0 spiro atoms. The van der Waals surface area contributed by atoms with Crippen molar-refractivity contribution in [2.45, 2.75) is 11.8 Å². The van der Waals surface area contributed by atoms with Crippen LogP contribution in [0.25, 0.3) is 11.4 Å². The molecule has 0 amide bonds. The highest BCUT2D eigenvalue weighted by molar-refractivity contribution is 7.99. The number of aromatic amines is 1. The van der Waals surface area contributed by atoms with Crippen LogP contribution >= 0.6 is 11.8 Å². The number of H-pyrrole nitrogens is 1. The van der Waals surface area contributed by atoms with E-state index in [0.29, 0.717) is 5.82 Å². The topological polar surface area (TPSA) is 45.8 Å². The van der Waals surface area contributed by atoms with Gasteiger partial charge in [0.05, 0.1) is 0 Å². The number of hydrogen-bond donors (Lipinski definition) is 1. The van der Waals surface area contributed by atoms with E-state index in [1.165, 1.54) is 17.2 Å². The molecule has 0 atom stereocenters. The van der Waals surface area contributed by atoms with Crippen molar-refractivity contribution in [2.24, 2.45) is 0 Å². The third kappa shape index (κ3) is 2.52. The van der Waals surface area contributed by atoms with Gasteiger partial charge < -0.3 is 4.98 Å². The van der Waals surface area contributed by atoms with Gasteiger partial charge in [-0.2, -0.15) is 0 Å². The maximum atomic E-state index is 11.1. The van der Waals surface area contributed by atoms with E-state index < -0.39 is 0 Å². The van der Waals surface area contributed by atoms with Gasteiger partial charge in [-0.3, -0.25) is 4.79 Å². The molecule has 2 aromatic rings. The van der Waals surface area contributed by atoms with E-state index in [1.54, 1.807) is 11.8 Å². The first-order valence-electron chi connectivity index (χ1n) is 5.08. The lowest BCUT2D eigenvalue weighted by atomic mass is 10.2. The number of nitrogens with one attached hydrogen (secondary N) is 1. The van der Waals surface area contributed by atoms with Crippen LogP contribution < -0.4 is 5.56 Å². The highest BCUT2D eigenvalue weighted by Crippen LogP contribution is 2.21. The van der Waals surface area contributed by atoms with Crippen LogP contribution in [-0.4, -0.2) is 15.7 Å². The molecule has 0 aliphatic heterocycles. The Morgan fingerprint density at radius 3 is 2.62 bits per heavy atom.